The molecule has 4 aliphatic heterocycles. The van der Waals surface area contributed by atoms with Crippen molar-refractivity contribution in [1.82, 2.24) is 4.72 Å². The molecule has 0 unspecified atom stereocenters. The van der Waals surface area contributed by atoms with Gasteiger partial charge in [0.1, 0.15) is 0 Å². The highest BCUT2D eigenvalue weighted by molar-refractivity contribution is 6.76. The monoisotopic (exact) mass is 285 g/mol. The molecule has 4 rings (SSSR count). The van der Waals surface area contributed by atoms with Crippen LogP contribution < -0.4 is 0 Å². The van der Waals surface area contributed by atoms with Crippen LogP contribution in [0.1, 0.15) is 84.0 Å². The Labute approximate surface area is 132 Å². The van der Waals surface area contributed by atoms with Gasteiger partial charge in [-0.3, -0.25) is 0 Å². The quantitative estimate of drug-likeness (QED) is 0.618. The molecule has 116 valence electrons. The maximum absolute atomic E-state index is 3.08. The maximum atomic E-state index is 3.08. The molecule has 0 saturated carbocycles. The van der Waals surface area contributed by atoms with Crippen molar-refractivity contribution in [2.45, 2.75) is 107 Å². The minimum Gasteiger partial charge on any atom is -0.383 e. The van der Waals surface area contributed by atoms with E-state index < -0.39 is 0 Å². The van der Waals surface area contributed by atoms with Crippen LogP contribution in [0.5, 0.6) is 0 Å². The fourth-order valence-corrected chi connectivity index (χ4v) is 6.99. The van der Waals surface area contributed by atoms with E-state index in [4.69, 9.17) is 0 Å². The van der Waals surface area contributed by atoms with Gasteiger partial charge in [-0.05, 0) is 29.8 Å². The molecular weight excluding hydrogens is 252 g/mol. The van der Waals surface area contributed by atoms with Crippen LogP contribution in [0, 0.1) is 0 Å². The van der Waals surface area contributed by atoms with Crippen molar-refractivity contribution < 1.29 is 0 Å². The first-order valence-electron chi connectivity index (χ1n) is 10.1. The highest BCUT2D eigenvalue weighted by atomic mass is 15.0. The highest BCUT2D eigenvalue weighted by Crippen LogP contribution is 2.52. The number of fused-ring (bicyclic) bond motifs is 4. The smallest absolute Gasteiger partial charge is 0.218 e. The average molecular weight is 285 g/mol. The molecule has 0 aliphatic carbocycles. The fourth-order valence-electron chi connectivity index (χ4n) is 6.99. The van der Waals surface area contributed by atoms with Crippen LogP contribution in [0.2, 0.25) is 23.3 Å². The largest absolute Gasteiger partial charge is 0.383 e. The Bertz CT molecular complexity index is 285. The molecular formula is C18H33B2N. The van der Waals surface area contributed by atoms with E-state index in [9.17, 15) is 0 Å². The normalized spacial score (nSPS) is 39.7. The molecule has 3 heteroatoms. The standard InChI is InChI=1S/C18H33B2N/c1-2-21(19-15-7-3-8-16(19)10-4-9-15)20-17-11-5-12-18(20)14-6-13-17/h15-18H,2-14H2,1H3. The van der Waals surface area contributed by atoms with Crippen LogP contribution >= 0.6 is 0 Å². The van der Waals surface area contributed by atoms with Crippen molar-refractivity contribution >= 4 is 13.7 Å². The number of hydrogen-bond donors (Lipinski definition) is 0. The van der Waals surface area contributed by atoms with Gasteiger partial charge >= 0.3 is 0 Å². The minimum absolute atomic E-state index is 0.976. The third-order valence-electron chi connectivity index (χ3n) is 7.66. The Hall–Kier alpha value is 0.0899. The Morgan fingerprint density at radius 1 is 0.619 bits per heavy atom. The van der Waals surface area contributed by atoms with E-state index in [2.05, 4.69) is 11.6 Å². The topological polar surface area (TPSA) is 3.24 Å². The van der Waals surface area contributed by atoms with Crippen LogP contribution in [0.15, 0.2) is 0 Å². The molecule has 0 amide bonds. The van der Waals surface area contributed by atoms with E-state index in [0.29, 0.717) is 0 Å². The van der Waals surface area contributed by atoms with Gasteiger partial charge in [0.15, 0.2) is 0 Å². The second-order valence-corrected chi connectivity index (χ2v) is 8.58. The summed E-state index contributed by atoms with van der Waals surface area (Å²) < 4.78 is 3.08. The highest BCUT2D eigenvalue weighted by Gasteiger charge is 2.50. The molecule has 0 aromatic carbocycles. The van der Waals surface area contributed by atoms with Gasteiger partial charge in [0, 0.05) is 0 Å². The van der Waals surface area contributed by atoms with Crippen molar-refractivity contribution in [2.24, 2.45) is 0 Å². The van der Waals surface area contributed by atoms with Gasteiger partial charge in [0.2, 0.25) is 13.7 Å². The minimum atomic E-state index is 0.976. The van der Waals surface area contributed by atoms with E-state index in [1.54, 1.807) is 51.4 Å². The summed E-state index contributed by atoms with van der Waals surface area (Å²) in [6.45, 7) is 5.75. The first-order valence-corrected chi connectivity index (χ1v) is 10.1. The lowest BCUT2D eigenvalue weighted by molar-refractivity contribution is 0.381. The summed E-state index contributed by atoms with van der Waals surface area (Å²) in [5.74, 6) is 4.22. The zero-order chi connectivity index (χ0) is 14.2. The Kier molecular flexibility index (Phi) is 4.40. The molecule has 1 nitrogen and oxygen atoms in total. The molecule has 4 aliphatic rings. The van der Waals surface area contributed by atoms with Gasteiger partial charge in [-0.25, -0.2) is 0 Å². The van der Waals surface area contributed by atoms with Crippen LogP contribution in [0.4, 0.5) is 0 Å². The summed E-state index contributed by atoms with van der Waals surface area (Å²) in [4.78, 5) is 0. The van der Waals surface area contributed by atoms with Crippen LogP contribution in [0.25, 0.3) is 0 Å². The molecule has 4 heterocycles. The Morgan fingerprint density at radius 2 is 0.905 bits per heavy atom. The van der Waals surface area contributed by atoms with E-state index >= 15 is 0 Å². The zero-order valence-corrected chi connectivity index (χ0v) is 14.1. The van der Waals surface area contributed by atoms with Gasteiger partial charge in [0.25, 0.3) is 0 Å². The molecule has 0 N–H and O–H groups in total. The molecule has 0 radical (unpaired) electrons. The van der Waals surface area contributed by atoms with Crippen molar-refractivity contribution in [3.05, 3.63) is 0 Å². The van der Waals surface area contributed by atoms with Crippen molar-refractivity contribution in [2.75, 3.05) is 6.54 Å². The van der Waals surface area contributed by atoms with Crippen molar-refractivity contribution in [3.8, 4) is 0 Å². The first-order chi connectivity index (χ1) is 10.4. The first kappa shape index (κ1) is 14.7. The lowest BCUT2D eigenvalue weighted by Gasteiger charge is -2.53. The fraction of sp³-hybridized carbons (Fsp3) is 1.00. The SMILES string of the molecule is CCN(B1C2CCCC1CCC2)B1C2CCCC1CCC2. The lowest BCUT2D eigenvalue weighted by atomic mass is 9.24. The number of hydrogen-bond acceptors (Lipinski definition) is 1. The van der Waals surface area contributed by atoms with E-state index in [-0.39, 0.29) is 0 Å². The lowest BCUT2D eigenvalue weighted by Crippen LogP contribution is -2.60. The van der Waals surface area contributed by atoms with Crippen LogP contribution in [-0.2, 0) is 0 Å². The van der Waals surface area contributed by atoms with Crippen molar-refractivity contribution in [1.29, 1.82) is 0 Å². The molecule has 4 fully saturated rings. The summed E-state index contributed by atoms with van der Waals surface area (Å²) in [5.41, 5.74) is 0. The third kappa shape index (κ3) is 2.62. The predicted octanol–water partition coefficient (Wildman–Crippen LogP) is 5.51. The van der Waals surface area contributed by atoms with E-state index in [1.165, 1.54) is 32.2 Å². The van der Waals surface area contributed by atoms with Crippen molar-refractivity contribution in [3.63, 3.8) is 0 Å². The molecule has 0 aromatic rings. The predicted molar refractivity (Wildman–Crippen MR) is 94.3 cm³/mol. The van der Waals surface area contributed by atoms with Gasteiger partial charge in [-0.15, -0.1) is 0 Å². The summed E-state index contributed by atoms with van der Waals surface area (Å²) in [6.07, 6.45) is 18.4. The summed E-state index contributed by atoms with van der Waals surface area (Å²) in [6, 6.07) is 0. The second kappa shape index (κ2) is 6.30. The van der Waals surface area contributed by atoms with Crippen LogP contribution in [-0.4, -0.2) is 25.0 Å². The molecule has 4 bridgehead atoms. The molecule has 0 atom stereocenters. The molecule has 0 aromatic heterocycles. The Balaban J connectivity index is 1.58. The maximum Gasteiger partial charge on any atom is 0.218 e. The second-order valence-electron chi connectivity index (χ2n) is 8.58. The average Bonchev–Trinajstić information content (AvgIpc) is 2.47. The van der Waals surface area contributed by atoms with E-state index in [1.807, 2.05) is 0 Å². The van der Waals surface area contributed by atoms with Gasteiger partial charge in [-0.1, -0.05) is 84.0 Å². The summed E-state index contributed by atoms with van der Waals surface area (Å²) >= 11 is 0. The van der Waals surface area contributed by atoms with E-state index in [0.717, 1.165) is 37.0 Å². The number of nitrogens with zero attached hydrogens (tertiary/aromatic N) is 1. The van der Waals surface area contributed by atoms with Gasteiger partial charge in [-0.2, -0.15) is 0 Å². The zero-order valence-electron chi connectivity index (χ0n) is 14.1. The Morgan fingerprint density at radius 3 is 1.14 bits per heavy atom. The summed E-state index contributed by atoms with van der Waals surface area (Å²) in [5, 5.41) is 0. The number of rotatable bonds is 3. The molecule has 4 saturated heterocycles. The third-order valence-corrected chi connectivity index (χ3v) is 7.66. The summed E-state index contributed by atoms with van der Waals surface area (Å²) in [7, 11) is 0. The van der Waals surface area contributed by atoms with Crippen LogP contribution in [0.3, 0.4) is 0 Å². The van der Waals surface area contributed by atoms with Gasteiger partial charge in [0.05, 0.1) is 0 Å². The molecule has 0 spiro atoms. The molecule has 21 heavy (non-hydrogen) atoms. The van der Waals surface area contributed by atoms with Gasteiger partial charge < -0.3 is 4.72 Å².